The zero-order valence-electron chi connectivity index (χ0n) is 4.20. The Kier molecular flexibility index (Phi) is 1.94. The molecule has 1 rings (SSSR count). The first-order valence-corrected chi connectivity index (χ1v) is 3.27. The van der Waals surface area contributed by atoms with Gasteiger partial charge in [0.15, 0.2) is 12.0 Å². The summed E-state index contributed by atoms with van der Waals surface area (Å²) < 4.78 is 3.22. The molecule has 0 N–H and O–H groups in total. The van der Waals surface area contributed by atoms with Crippen molar-refractivity contribution < 1.29 is 4.42 Å². The van der Waals surface area contributed by atoms with Gasteiger partial charge in [-0.05, 0) is 12.1 Å². The molecule has 0 aliphatic heterocycles. The van der Waals surface area contributed by atoms with Gasteiger partial charge in [-0.25, -0.2) is 0 Å². The zero-order chi connectivity index (χ0) is 6.91. The van der Waals surface area contributed by atoms with Crippen molar-refractivity contribution in [3.8, 4) is 0 Å². The minimum absolute atomic E-state index is 0.285. The molecule has 0 spiro atoms. The molecular formula is C5H2Cl3O. The summed E-state index contributed by atoms with van der Waals surface area (Å²) in [6.45, 7) is 0. The topological polar surface area (TPSA) is 13.1 Å². The average molecular weight is 184 g/mol. The van der Waals surface area contributed by atoms with Crippen molar-refractivity contribution in [2.24, 2.45) is 0 Å². The Morgan fingerprint density at radius 2 is 2.11 bits per heavy atom. The van der Waals surface area contributed by atoms with Crippen molar-refractivity contribution in [2.45, 2.75) is 3.79 Å². The van der Waals surface area contributed by atoms with Crippen LogP contribution in [0.25, 0.3) is 0 Å². The molecule has 1 heterocycles. The third-order valence-electron chi connectivity index (χ3n) is 0.751. The van der Waals surface area contributed by atoms with Crippen LogP contribution in [0.2, 0.25) is 0 Å². The molecule has 0 aliphatic rings. The maximum Gasteiger partial charge on any atom is 0.248 e. The van der Waals surface area contributed by atoms with Gasteiger partial charge in [-0.2, -0.15) is 0 Å². The molecule has 0 unspecified atom stereocenters. The molecule has 0 amide bonds. The fourth-order valence-electron chi connectivity index (χ4n) is 0.394. The van der Waals surface area contributed by atoms with Gasteiger partial charge in [0, 0.05) is 0 Å². The van der Waals surface area contributed by atoms with E-state index in [0.29, 0.717) is 0 Å². The summed E-state index contributed by atoms with van der Waals surface area (Å²) in [4.78, 5) is 0. The normalized spacial score (nSPS) is 11.9. The lowest BCUT2D eigenvalue weighted by Gasteiger charge is -2.03. The van der Waals surface area contributed by atoms with Gasteiger partial charge >= 0.3 is 0 Å². The minimum atomic E-state index is -1.46. The van der Waals surface area contributed by atoms with Gasteiger partial charge in [0.2, 0.25) is 3.79 Å². The summed E-state index contributed by atoms with van der Waals surface area (Å²) in [6, 6.07) is 3.09. The monoisotopic (exact) mass is 183 g/mol. The molecule has 0 bridgehead atoms. The first-order valence-electron chi connectivity index (χ1n) is 2.14. The van der Waals surface area contributed by atoms with E-state index in [9.17, 15) is 0 Å². The number of halogens is 3. The van der Waals surface area contributed by atoms with Crippen LogP contribution in [0.15, 0.2) is 16.5 Å². The van der Waals surface area contributed by atoms with E-state index >= 15 is 0 Å². The van der Waals surface area contributed by atoms with Gasteiger partial charge < -0.3 is 4.42 Å². The van der Waals surface area contributed by atoms with Gasteiger partial charge in [0.1, 0.15) is 0 Å². The number of hydrogen-bond donors (Lipinski definition) is 0. The lowest BCUT2D eigenvalue weighted by atomic mass is 10.5. The fourth-order valence-corrected chi connectivity index (χ4v) is 0.698. The second kappa shape index (κ2) is 2.41. The third kappa shape index (κ3) is 1.78. The maximum absolute atomic E-state index is 5.42. The molecule has 9 heavy (non-hydrogen) atoms. The molecule has 1 nitrogen and oxygen atoms in total. The summed E-state index contributed by atoms with van der Waals surface area (Å²) in [7, 11) is 0. The second-order valence-corrected chi connectivity index (χ2v) is 3.70. The Morgan fingerprint density at radius 3 is 2.33 bits per heavy atom. The Morgan fingerprint density at radius 1 is 1.44 bits per heavy atom. The first-order chi connectivity index (χ1) is 4.11. The van der Waals surface area contributed by atoms with Crippen molar-refractivity contribution in [2.75, 3.05) is 0 Å². The smallest absolute Gasteiger partial charge is 0.248 e. The number of hydrogen-bond acceptors (Lipinski definition) is 1. The van der Waals surface area contributed by atoms with Gasteiger partial charge in [-0.1, -0.05) is 34.8 Å². The summed E-state index contributed by atoms with van der Waals surface area (Å²) in [6.07, 6.45) is 2.41. The Balaban J connectivity index is 2.90. The van der Waals surface area contributed by atoms with Crippen LogP contribution >= 0.6 is 34.8 Å². The van der Waals surface area contributed by atoms with E-state index < -0.39 is 3.79 Å². The first kappa shape index (κ1) is 7.26. The van der Waals surface area contributed by atoms with Crippen LogP contribution in [-0.2, 0) is 3.79 Å². The molecule has 0 saturated carbocycles. The molecular weight excluding hydrogens is 182 g/mol. The highest BCUT2D eigenvalue weighted by molar-refractivity contribution is 6.66. The van der Waals surface area contributed by atoms with E-state index in [4.69, 9.17) is 34.8 Å². The van der Waals surface area contributed by atoms with Crippen molar-refractivity contribution in [3.05, 3.63) is 24.2 Å². The van der Waals surface area contributed by atoms with Crippen molar-refractivity contribution in [1.82, 2.24) is 0 Å². The van der Waals surface area contributed by atoms with Crippen LogP contribution in [0.4, 0.5) is 0 Å². The third-order valence-corrected chi connectivity index (χ3v) is 1.31. The van der Waals surface area contributed by atoms with Crippen LogP contribution in [0.3, 0.4) is 0 Å². The molecule has 1 aromatic rings. The predicted molar refractivity (Wildman–Crippen MR) is 36.8 cm³/mol. The van der Waals surface area contributed by atoms with E-state index in [1.807, 2.05) is 0 Å². The standard InChI is InChI=1S/C5H2Cl3O/c6-5(7,8)4-2-1-3-9-4/h1-2H. The van der Waals surface area contributed by atoms with Crippen LogP contribution in [0.1, 0.15) is 5.76 Å². The van der Waals surface area contributed by atoms with Gasteiger partial charge in [-0.3, -0.25) is 0 Å². The van der Waals surface area contributed by atoms with E-state index in [-0.39, 0.29) is 5.76 Å². The van der Waals surface area contributed by atoms with Gasteiger partial charge in [0.25, 0.3) is 0 Å². The number of rotatable bonds is 0. The lowest BCUT2D eigenvalue weighted by Crippen LogP contribution is -1.95. The molecule has 0 aromatic carbocycles. The highest BCUT2D eigenvalue weighted by atomic mass is 35.6. The summed E-state index contributed by atoms with van der Waals surface area (Å²) in [5, 5.41) is 0. The summed E-state index contributed by atoms with van der Waals surface area (Å²) in [5.41, 5.74) is 0. The van der Waals surface area contributed by atoms with Crippen molar-refractivity contribution >= 4 is 34.8 Å². The maximum atomic E-state index is 5.42. The minimum Gasteiger partial charge on any atom is -0.453 e. The van der Waals surface area contributed by atoms with E-state index in [2.05, 4.69) is 10.7 Å². The fraction of sp³-hybridized carbons (Fsp3) is 0.200. The molecule has 0 saturated heterocycles. The molecule has 0 fully saturated rings. The van der Waals surface area contributed by atoms with Gasteiger partial charge in [-0.15, -0.1) is 0 Å². The number of furan rings is 1. The van der Waals surface area contributed by atoms with Crippen LogP contribution in [0.5, 0.6) is 0 Å². The summed E-state index contributed by atoms with van der Waals surface area (Å²) >= 11 is 16.3. The lowest BCUT2D eigenvalue weighted by molar-refractivity contribution is 0.509. The van der Waals surface area contributed by atoms with Crippen molar-refractivity contribution in [1.29, 1.82) is 0 Å². The van der Waals surface area contributed by atoms with Crippen LogP contribution in [0, 0.1) is 6.26 Å². The molecule has 49 valence electrons. The largest absolute Gasteiger partial charge is 0.453 e. The van der Waals surface area contributed by atoms with E-state index in [1.165, 1.54) is 6.07 Å². The van der Waals surface area contributed by atoms with Crippen LogP contribution < -0.4 is 0 Å². The van der Waals surface area contributed by atoms with E-state index in [1.54, 1.807) is 6.07 Å². The molecule has 0 aliphatic carbocycles. The van der Waals surface area contributed by atoms with Gasteiger partial charge in [0.05, 0.1) is 0 Å². The Hall–Kier alpha value is 0.150. The summed E-state index contributed by atoms with van der Waals surface area (Å²) in [5.74, 6) is 0.285. The highest BCUT2D eigenvalue weighted by Gasteiger charge is 2.25. The molecule has 1 radical (unpaired) electrons. The Labute approximate surface area is 67.5 Å². The predicted octanol–water partition coefficient (Wildman–Crippen LogP) is 2.91. The van der Waals surface area contributed by atoms with Crippen LogP contribution in [-0.4, -0.2) is 0 Å². The van der Waals surface area contributed by atoms with E-state index in [0.717, 1.165) is 0 Å². The molecule has 4 heteroatoms. The second-order valence-electron chi connectivity index (χ2n) is 1.42. The highest BCUT2D eigenvalue weighted by Crippen LogP contribution is 2.37. The molecule has 1 aromatic heterocycles. The SMILES string of the molecule is ClC(Cl)(Cl)c1cc[c]o1. The zero-order valence-corrected chi connectivity index (χ0v) is 6.46. The molecule has 0 atom stereocenters. The van der Waals surface area contributed by atoms with Crippen molar-refractivity contribution in [3.63, 3.8) is 0 Å². The average Bonchev–Trinajstić information content (AvgIpc) is 2.08. The Bertz CT molecular complexity index is 175. The number of alkyl halides is 3. The quantitative estimate of drug-likeness (QED) is 0.565.